The number of alkyl halides is 1. The van der Waals surface area contributed by atoms with Gasteiger partial charge in [-0.25, -0.2) is 0 Å². The quantitative estimate of drug-likeness (QED) is 0.630. The Kier molecular flexibility index (Phi) is 2.04. The van der Waals surface area contributed by atoms with Crippen LogP contribution in [0.25, 0.3) is 11.0 Å². The number of aryl methyl sites for hydroxylation is 2. The van der Waals surface area contributed by atoms with Gasteiger partial charge in [-0.05, 0) is 31.0 Å². The number of halogens is 1. The van der Waals surface area contributed by atoms with Crippen molar-refractivity contribution < 1.29 is 4.42 Å². The Morgan fingerprint density at radius 1 is 1.31 bits per heavy atom. The van der Waals surface area contributed by atoms with E-state index in [1.165, 1.54) is 10.9 Å². The molecule has 0 aliphatic rings. The molecule has 2 aromatic rings. The fourth-order valence-corrected chi connectivity index (χ4v) is 1.64. The van der Waals surface area contributed by atoms with Gasteiger partial charge in [0.2, 0.25) is 0 Å². The Hall–Kier alpha value is -0.950. The highest BCUT2D eigenvalue weighted by Gasteiger charge is 2.06. The molecule has 13 heavy (non-hydrogen) atoms. The zero-order valence-electron chi connectivity index (χ0n) is 7.73. The van der Waals surface area contributed by atoms with Crippen LogP contribution in [0.3, 0.4) is 0 Å². The summed E-state index contributed by atoms with van der Waals surface area (Å²) in [5, 5.41) is 1.19. The highest BCUT2D eigenvalue weighted by molar-refractivity contribution is 6.17. The largest absolute Gasteiger partial charge is 0.461 e. The molecule has 1 aromatic carbocycles. The smallest absolute Gasteiger partial charge is 0.134 e. The molecule has 2 rings (SSSR count). The molecule has 0 unspecified atom stereocenters. The minimum atomic E-state index is 0.536. The maximum atomic E-state index is 5.73. The van der Waals surface area contributed by atoms with Crippen LogP contribution in [0.2, 0.25) is 0 Å². The number of rotatable bonds is 1. The van der Waals surface area contributed by atoms with Crippen LogP contribution in [0.15, 0.2) is 22.6 Å². The Labute approximate surface area is 82.3 Å². The van der Waals surface area contributed by atoms with Gasteiger partial charge in [0, 0.05) is 11.3 Å². The Morgan fingerprint density at radius 3 is 2.77 bits per heavy atom. The second kappa shape index (κ2) is 3.08. The molecule has 0 aliphatic heterocycles. The van der Waals surface area contributed by atoms with Crippen molar-refractivity contribution in [3.63, 3.8) is 0 Å². The van der Waals surface area contributed by atoms with Crippen molar-refractivity contribution in [3.05, 3.63) is 35.1 Å². The summed E-state index contributed by atoms with van der Waals surface area (Å²) in [6, 6.07) is 6.11. The SMILES string of the molecule is Cc1oc2cc(CCl)ccc2c1C. The van der Waals surface area contributed by atoms with Gasteiger partial charge in [0.25, 0.3) is 0 Å². The number of benzene rings is 1. The first-order chi connectivity index (χ1) is 6.22. The van der Waals surface area contributed by atoms with Gasteiger partial charge in [-0.2, -0.15) is 0 Å². The van der Waals surface area contributed by atoms with Crippen LogP contribution in [-0.4, -0.2) is 0 Å². The van der Waals surface area contributed by atoms with E-state index >= 15 is 0 Å². The molecule has 0 bridgehead atoms. The first-order valence-corrected chi connectivity index (χ1v) is 4.80. The maximum Gasteiger partial charge on any atom is 0.134 e. The molecule has 0 fully saturated rings. The molecule has 0 amide bonds. The molecule has 0 saturated heterocycles. The second-order valence-electron chi connectivity index (χ2n) is 3.25. The summed E-state index contributed by atoms with van der Waals surface area (Å²) in [5.41, 5.74) is 3.26. The molecule has 68 valence electrons. The van der Waals surface area contributed by atoms with Crippen LogP contribution in [0, 0.1) is 13.8 Å². The van der Waals surface area contributed by atoms with Crippen molar-refractivity contribution in [2.75, 3.05) is 0 Å². The molecule has 0 N–H and O–H groups in total. The third-order valence-corrected chi connectivity index (χ3v) is 2.70. The number of fused-ring (bicyclic) bond motifs is 1. The highest BCUT2D eigenvalue weighted by Crippen LogP contribution is 2.25. The Morgan fingerprint density at radius 2 is 2.08 bits per heavy atom. The number of hydrogen-bond donors (Lipinski definition) is 0. The van der Waals surface area contributed by atoms with E-state index in [1.54, 1.807) is 0 Å². The van der Waals surface area contributed by atoms with Gasteiger partial charge in [-0.3, -0.25) is 0 Å². The fraction of sp³-hybridized carbons (Fsp3) is 0.273. The first kappa shape index (κ1) is 8.64. The summed E-state index contributed by atoms with van der Waals surface area (Å²) in [5.74, 6) is 1.52. The van der Waals surface area contributed by atoms with Crippen LogP contribution in [0.5, 0.6) is 0 Å². The average molecular weight is 195 g/mol. The molecular weight excluding hydrogens is 184 g/mol. The maximum absolute atomic E-state index is 5.73. The van der Waals surface area contributed by atoms with Crippen molar-refractivity contribution in [2.24, 2.45) is 0 Å². The summed E-state index contributed by atoms with van der Waals surface area (Å²) >= 11 is 5.73. The van der Waals surface area contributed by atoms with Crippen molar-refractivity contribution in [1.29, 1.82) is 0 Å². The standard InChI is InChI=1S/C11H11ClO/c1-7-8(2)13-11-5-9(6-12)3-4-10(7)11/h3-5H,6H2,1-2H3. The zero-order valence-corrected chi connectivity index (χ0v) is 8.48. The van der Waals surface area contributed by atoms with Crippen molar-refractivity contribution in [3.8, 4) is 0 Å². The van der Waals surface area contributed by atoms with E-state index in [9.17, 15) is 0 Å². The minimum Gasteiger partial charge on any atom is -0.461 e. The summed E-state index contributed by atoms with van der Waals surface area (Å²) in [4.78, 5) is 0. The third kappa shape index (κ3) is 1.33. The Balaban J connectivity index is 2.73. The number of furan rings is 1. The van der Waals surface area contributed by atoms with Crippen LogP contribution in [-0.2, 0) is 5.88 Å². The van der Waals surface area contributed by atoms with E-state index in [4.69, 9.17) is 16.0 Å². The van der Waals surface area contributed by atoms with Gasteiger partial charge < -0.3 is 4.42 Å². The van der Waals surface area contributed by atoms with E-state index in [0.717, 1.165) is 16.9 Å². The van der Waals surface area contributed by atoms with Crippen LogP contribution < -0.4 is 0 Å². The molecule has 0 atom stereocenters. The van der Waals surface area contributed by atoms with Gasteiger partial charge >= 0.3 is 0 Å². The minimum absolute atomic E-state index is 0.536. The number of hydrogen-bond acceptors (Lipinski definition) is 1. The monoisotopic (exact) mass is 194 g/mol. The third-order valence-electron chi connectivity index (χ3n) is 2.40. The van der Waals surface area contributed by atoms with Gasteiger partial charge in [0.05, 0.1) is 0 Å². The van der Waals surface area contributed by atoms with E-state index in [2.05, 4.69) is 13.0 Å². The van der Waals surface area contributed by atoms with Gasteiger partial charge in [-0.15, -0.1) is 11.6 Å². The van der Waals surface area contributed by atoms with Gasteiger partial charge in [0.1, 0.15) is 11.3 Å². The van der Waals surface area contributed by atoms with E-state index in [-0.39, 0.29) is 0 Å². The molecule has 0 radical (unpaired) electrons. The Bertz CT molecular complexity index is 443. The predicted octanol–water partition coefficient (Wildman–Crippen LogP) is 3.79. The first-order valence-electron chi connectivity index (χ1n) is 4.27. The summed E-state index contributed by atoms with van der Waals surface area (Å²) in [7, 11) is 0. The molecule has 0 aliphatic carbocycles. The lowest BCUT2D eigenvalue weighted by Gasteiger charge is -1.93. The normalized spacial score (nSPS) is 11.0. The molecular formula is C11H11ClO. The molecule has 1 heterocycles. The molecule has 0 saturated carbocycles. The van der Waals surface area contributed by atoms with Crippen LogP contribution in [0.1, 0.15) is 16.9 Å². The van der Waals surface area contributed by atoms with Gasteiger partial charge in [0.15, 0.2) is 0 Å². The highest BCUT2D eigenvalue weighted by atomic mass is 35.5. The molecule has 1 aromatic heterocycles. The topological polar surface area (TPSA) is 13.1 Å². The second-order valence-corrected chi connectivity index (χ2v) is 3.51. The molecule has 0 spiro atoms. The lowest BCUT2D eigenvalue weighted by Crippen LogP contribution is -1.76. The van der Waals surface area contributed by atoms with E-state index in [0.29, 0.717) is 5.88 Å². The van der Waals surface area contributed by atoms with Crippen molar-refractivity contribution in [1.82, 2.24) is 0 Å². The summed E-state index contributed by atoms with van der Waals surface area (Å²) < 4.78 is 5.58. The lowest BCUT2D eigenvalue weighted by molar-refractivity contribution is 0.575. The molecule has 2 heteroatoms. The summed E-state index contributed by atoms with van der Waals surface area (Å²) in [6.07, 6.45) is 0. The zero-order chi connectivity index (χ0) is 9.42. The predicted molar refractivity (Wildman–Crippen MR) is 55.2 cm³/mol. The summed E-state index contributed by atoms with van der Waals surface area (Å²) in [6.45, 7) is 4.05. The van der Waals surface area contributed by atoms with Crippen LogP contribution >= 0.6 is 11.6 Å². The molecule has 1 nitrogen and oxygen atoms in total. The van der Waals surface area contributed by atoms with Crippen molar-refractivity contribution >= 4 is 22.6 Å². The lowest BCUT2D eigenvalue weighted by atomic mass is 10.1. The van der Waals surface area contributed by atoms with E-state index < -0.39 is 0 Å². The van der Waals surface area contributed by atoms with Crippen molar-refractivity contribution in [2.45, 2.75) is 19.7 Å². The average Bonchev–Trinajstić information content (AvgIpc) is 2.42. The fourth-order valence-electron chi connectivity index (χ4n) is 1.48. The van der Waals surface area contributed by atoms with E-state index in [1.807, 2.05) is 19.1 Å². The van der Waals surface area contributed by atoms with Crippen LogP contribution in [0.4, 0.5) is 0 Å². The van der Waals surface area contributed by atoms with Gasteiger partial charge in [-0.1, -0.05) is 12.1 Å².